The fraction of sp³-hybridized carbons (Fsp3) is 0.185. The maximum absolute atomic E-state index is 13.1. The molecule has 3 aromatic heterocycles. The number of benzene rings is 2. The smallest absolute Gasteiger partial charge is 0.260 e. The number of aromatic nitrogens is 4. The molecule has 5 rings (SSSR count). The summed E-state index contributed by atoms with van der Waals surface area (Å²) in [6.07, 6.45) is 4.03. The lowest BCUT2D eigenvalue weighted by Crippen LogP contribution is -2.13. The van der Waals surface area contributed by atoms with Gasteiger partial charge in [-0.2, -0.15) is 4.98 Å². The number of pyridine rings is 1. The molecule has 0 saturated heterocycles. The van der Waals surface area contributed by atoms with E-state index in [1.54, 1.807) is 11.8 Å². The standard InChI is InChI=1S/C27H25N5O2S/c1-17(2)25-30-27(34-31-25)22-8-6-7-18(3)24(22)29-26(33)19-10-12-21(13-11-19)35-16-20-15-32-14-5-4-9-23(32)28-20/h4-15,17H,16H2,1-3H3,(H,29,33). The quantitative estimate of drug-likeness (QED) is 0.271. The molecule has 0 aliphatic rings. The highest BCUT2D eigenvalue weighted by atomic mass is 32.2. The minimum atomic E-state index is -0.193. The number of para-hydroxylation sites is 1. The van der Waals surface area contributed by atoms with E-state index in [2.05, 4.69) is 20.4 Å². The molecule has 0 bridgehead atoms. The van der Waals surface area contributed by atoms with Crippen LogP contribution in [-0.2, 0) is 5.75 Å². The Bertz CT molecular complexity index is 1450. The van der Waals surface area contributed by atoms with Crippen molar-refractivity contribution in [3.05, 3.63) is 95.7 Å². The van der Waals surface area contributed by atoms with Crippen LogP contribution in [0.3, 0.4) is 0 Å². The fourth-order valence-electron chi connectivity index (χ4n) is 3.69. The van der Waals surface area contributed by atoms with Crippen LogP contribution in [0.25, 0.3) is 17.1 Å². The Balaban J connectivity index is 1.28. The van der Waals surface area contributed by atoms with E-state index in [-0.39, 0.29) is 11.8 Å². The van der Waals surface area contributed by atoms with Gasteiger partial charge in [0, 0.05) is 34.5 Å². The lowest BCUT2D eigenvalue weighted by molar-refractivity contribution is 0.102. The summed E-state index contributed by atoms with van der Waals surface area (Å²) in [5.41, 5.74) is 4.81. The van der Waals surface area contributed by atoms with Gasteiger partial charge in [0.05, 0.1) is 16.9 Å². The summed E-state index contributed by atoms with van der Waals surface area (Å²) in [6, 6.07) is 19.3. The van der Waals surface area contributed by atoms with Gasteiger partial charge in [0.2, 0.25) is 0 Å². The van der Waals surface area contributed by atoms with Crippen LogP contribution in [0.5, 0.6) is 0 Å². The van der Waals surface area contributed by atoms with Crippen molar-refractivity contribution < 1.29 is 9.32 Å². The summed E-state index contributed by atoms with van der Waals surface area (Å²) in [6.45, 7) is 5.96. The maximum Gasteiger partial charge on any atom is 0.260 e. The van der Waals surface area contributed by atoms with Crippen LogP contribution in [0.1, 0.15) is 47.2 Å². The van der Waals surface area contributed by atoms with Crippen LogP contribution < -0.4 is 5.32 Å². The van der Waals surface area contributed by atoms with Gasteiger partial charge in [-0.05, 0) is 55.0 Å². The molecule has 2 aromatic carbocycles. The van der Waals surface area contributed by atoms with Crippen LogP contribution in [0.15, 0.2) is 82.5 Å². The Labute approximate surface area is 207 Å². The van der Waals surface area contributed by atoms with Crippen molar-refractivity contribution in [2.75, 3.05) is 5.32 Å². The number of imidazole rings is 1. The van der Waals surface area contributed by atoms with Crippen LogP contribution >= 0.6 is 11.8 Å². The zero-order valence-electron chi connectivity index (χ0n) is 19.7. The van der Waals surface area contributed by atoms with Gasteiger partial charge in [-0.25, -0.2) is 4.98 Å². The monoisotopic (exact) mass is 483 g/mol. The summed E-state index contributed by atoms with van der Waals surface area (Å²) < 4.78 is 7.49. The van der Waals surface area contributed by atoms with Gasteiger partial charge in [-0.1, -0.05) is 37.2 Å². The number of nitrogens with one attached hydrogen (secondary N) is 1. The molecule has 1 amide bonds. The van der Waals surface area contributed by atoms with E-state index in [1.807, 2.05) is 98.2 Å². The van der Waals surface area contributed by atoms with E-state index in [9.17, 15) is 4.79 Å². The van der Waals surface area contributed by atoms with Crippen LogP contribution in [0.4, 0.5) is 5.69 Å². The molecule has 0 aliphatic carbocycles. The molecule has 5 aromatic rings. The second kappa shape index (κ2) is 9.76. The van der Waals surface area contributed by atoms with Gasteiger partial charge in [0.15, 0.2) is 5.82 Å². The molecule has 0 radical (unpaired) electrons. The summed E-state index contributed by atoms with van der Waals surface area (Å²) >= 11 is 1.68. The highest BCUT2D eigenvalue weighted by Crippen LogP contribution is 2.31. The first-order chi connectivity index (χ1) is 17.0. The number of rotatable bonds is 7. The number of hydrogen-bond donors (Lipinski definition) is 1. The van der Waals surface area contributed by atoms with Crippen molar-refractivity contribution in [2.45, 2.75) is 37.3 Å². The molecule has 7 nitrogen and oxygen atoms in total. The number of carbonyl (C=O) groups excluding carboxylic acids is 1. The average Bonchev–Trinajstić information content (AvgIpc) is 3.52. The molecule has 8 heteroatoms. The molecular formula is C27H25N5O2S. The lowest BCUT2D eigenvalue weighted by Gasteiger charge is -2.12. The van der Waals surface area contributed by atoms with Gasteiger partial charge in [-0.3, -0.25) is 4.79 Å². The number of anilines is 1. The fourth-order valence-corrected chi connectivity index (χ4v) is 4.48. The SMILES string of the molecule is Cc1cccc(-c2nc(C(C)C)no2)c1NC(=O)c1ccc(SCc2cn3ccccc3n2)cc1. The second-order valence-corrected chi connectivity index (χ2v) is 9.62. The van der Waals surface area contributed by atoms with Crippen molar-refractivity contribution in [2.24, 2.45) is 0 Å². The second-order valence-electron chi connectivity index (χ2n) is 8.58. The average molecular weight is 484 g/mol. The van der Waals surface area contributed by atoms with Crippen molar-refractivity contribution in [1.82, 2.24) is 19.5 Å². The molecule has 0 fully saturated rings. The van der Waals surface area contributed by atoms with Crippen molar-refractivity contribution in [3.63, 3.8) is 0 Å². The number of hydrogen-bond acceptors (Lipinski definition) is 6. The third-order valence-corrected chi connectivity index (χ3v) is 6.66. The molecule has 1 N–H and O–H groups in total. The first-order valence-corrected chi connectivity index (χ1v) is 12.4. The Morgan fingerprint density at radius 1 is 1.06 bits per heavy atom. The number of aryl methyl sites for hydroxylation is 1. The zero-order chi connectivity index (χ0) is 24.4. The number of fused-ring (bicyclic) bond motifs is 1. The van der Waals surface area contributed by atoms with Gasteiger partial charge in [0.1, 0.15) is 5.65 Å². The van der Waals surface area contributed by atoms with Gasteiger partial charge < -0.3 is 14.2 Å². The first kappa shape index (κ1) is 22.9. The third kappa shape index (κ3) is 4.97. The van der Waals surface area contributed by atoms with Gasteiger partial charge in [0.25, 0.3) is 11.8 Å². The molecule has 0 spiro atoms. The van der Waals surface area contributed by atoms with E-state index in [0.29, 0.717) is 28.5 Å². The van der Waals surface area contributed by atoms with E-state index in [1.165, 1.54) is 0 Å². The molecule has 3 heterocycles. The Morgan fingerprint density at radius 3 is 2.63 bits per heavy atom. The highest BCUT2D eigenvalue weighted by molar-refractivity contribution is 7.98. The minimum absolute atomic E-state index is 0.152. The van der Waals surface area contributed by atoms with Gasteiger partial charge in [-0.15, -0.1) is 11.8 Å². The predicted molar refractivity (Wildman–Crippen MR) is 138 cm³/mol. The van der Waals surface area contributed by atoms with Crippen LogP contribution in [-0.4, -0.2) is 25.4 Å². The third-order valence-electron chi connectivity index (χ3n) is 5.62. The molecule has 35 heavy (non-hydrogen) atoms. The molecule has 176 valence electrons. The Kier molecular flexibility index (Phi) is 6.37. The summed E-state index contributed by atoms with van der Waals surface area (Å²) in [5, 5.41) is 7.09. The minimum Gasteiger partial charge on any atom is -0.334 e. The molecule has 0 unspecified atom stereocenters. The van der Waals surface area contributed by atoms with Crippen LogP contribution in [0, 0.1) is 6.92 Å². The molecular weight excluding hydrogens is 458 g/mol. The maximum atomic E-state index is 13.1. The van der Waals surface area contributed by atoms with E-state index < -0.39 is 0 Å². The van der Waals surface area contributed by atoms with Crippen molar-refractivity contribution >= 4 is 29.0 Å². The van der Waals surface area contributed by atoms with Gasteiger partial charge >= 0.3 is 0 Å². The van der Waals surface area contributed by atoms with Crippen molar-refractivity contribution in [3.8, 4) is 11.5 Å². The number of nitrogens with zero attached hydrogens (tertiary/aromatic N) is 4. The normalized spacial score (nSPS) is 11.3. The van der Waals surface area contributed by atoms with Crippen molar-refractivity contribution in [1.29, 1.82) is 0 Å². The largest absolute Gasteiger partial charge is 0.334 e. The summed E-state index contributed by atoms with van der Waals surface area (Å²) in [4.78, 5) is 23.3. The molecule has 0 aliphatic heterocycles. The van der Waals surface area contributed by atoms with E-state index in [0.717, 1.165) is 27.6 Å². The summed E-state index contributed by atoms with van der Waals surface area (Å²) in [7, 11) is 0. The van der Waals surface area contributed by atoms with E-state index in [4.69, 9.17) is 4.52 Å². The highest BCUT2D eigenvalue weighted by Gasteiger charge is 2.18. The van der Waals surface area contributed by atoms with E-state index >= 15 is 0 Å². The predicted octanol–water partition coefficient (Wildman–Crippen LogP) is 6.36. The number of amides is 1. The lowest BCUT2D eigenvalue weighted by atomic mass is 10.1. The number of carbonyl (C=O) groups is 1. The zero-order valence-corrected chi connectivity index (χ0v) is 20.5. The number of thioether (sulfide) groups is 1. The molecule has 0 atom stereocenters. The topological polar surface area (TPSA) is 85.3 Å². The first-order valence-electron chi connectivity index (χ1n) is 11.4. The Morgan fingerprint density at radius 2 is 1.89 bits per heavy atom. The van der Waals surface area contributed by atoms with Crippen LogP contribution in [0.2, 0.25) is 0 Å². The molecule has 0 saturated carbocycles. The summed E-state index contributed by atoms with van der Waals surface area (Å²) in [5.74, 6) is 1.74. The Hall–Kier alpha value is -3.91.